The van der Waals surface area contributed by atoms with Crippen molar-refractivity contribution in [3.63, 3.8) is 0 Å². The second-order valence-electron chi connectivity index (χ2n) is 6.06. The summed E-state index contributed by atoms with van der Waals surface area (Å²) >= 11 is 2.83. The van der Waals surface area contributed by atoms with Gasteiger partial charge in [0.1, 0.15) is 11.4 Å². The maximum absolute atomic E-state index is 12.5. The number of hydrogen-bond donors (Lipinski definition) is 2. The highest BCUT2D eigenvalue weighted by Gasteiger charge is 2.14. The second kappa shape index (κ2) is 7.95. The third-order valence-electron chi connectivity index (χ3n) is 3.92. The minimum absolute atomic E-state index is 0.272. The van der Waals surface area contributed by atoms with Gasteiger partial charge in [0.2, 0.25) is 0 Å². The summed E-state index contributed by atoms with van der Waals surface area (Å²) in [7, 11) is 0. The molecule has 0 fully saturated rings. The molecule has 2 aromatic heterocycles. The topological polar surface area (TPSA) is 76.1 Å². The van der Waals surface area contributed by atoms with Crippen LogP contribution in [-0.4, -0.2) is 22.5 Å². The van der Waals surface area contributed by atoms with Crippen molar-refractivity contribution in [1.29, 1.82) is 0 Å². The van der Waals surface area contributed by atoms with Gasteiger partial charge < -0.3 is 10.1 Å². The lowest BCUT2D eigenvalue weighted by Gasteiger charge is -2.05. The van der Waals surface area contributed by atoms with Crippen LogP contribution >= 0.6 is 22.7 Å². The quantitative estimate of drug-likeness (QED) is 0.442. The number of benzene rings is 2. The van der Waals surface area contributed by atoms with Crippen LogP contribution < -0.4 is 15.4 Å². The first-order valence-corrected chi connectivity index (χ1v) is 10.4. The minimum Gasteiger partial charge on any atom is -0.494 e. The molecule has 0 saturated heterocycles. The summed E-state index contributed by atoms with van der Waals surface area (Å²) < 4.78 is 6.48. The monoisotopic (exact) mass is 410 g/mol. The molecule has 0 radical (unpaired) electrons. The number of carbonyl (C=O) groups is 1. The van der Waals surface area contributed by atoms with Gasteiger partial charge in [-0.15, -0.1) is 11.3 Å². The van der Waals surface area contributed by atoms with E-state index < -0.39 is 0 Å². The number of thiazole rings is 2. The largest absolute Gasteiger partial charge is 0.494 e. The van der Waals surface area contributed by atoms with E-state index >= 15 is 0 Å². The van der Waals surface area contributed by atoms with E-state index in [4.69, 9.17) is 4.74 Å². The van der Waals surface area contributed by atoms with Gasteiger partial charge in [0, 0.05) is 11.1 Å². The van der Waals surface area contributed by atoms with Gasteiger partial charge in [0.25, 0.3) is 5.91 Å². The van der Waals surface area contributed by atoms with E-state index in [2.05, 4.69) is 26.7 Å². The minimum atomic E-state index is -0.272. The molecular formula is C20H18N4O2S2. The van der Waals surface area contributed by atoms with Crippen molar-refractivity contribution in [1.82, 2.24) is 9.97 Å². The smallest absolute Gasteiger partial charge is 0.276 e. The molecule has 0 aliphatic carbocycles. The Morgan fingerprint density at radius 1 is 1.11 bits per heavy atom. The van der Waals surface area contributed by atoms with Crippen LogP contribution in [-0.2, 0) is 0 Å². The van der Waals surface area contributed by atoms with E-state index in [9.17, 15) is 4.79 Å². The molecule has 28 heavy (non-hydrogen) atoms. The van der Waals surface area contributed by atoms with Crippen molar-refractivity contribution in [2.75, 3.05) is 17.2 Å². The summed E-state index contributed by atoms with van der Waals surface area (Å²) in [5, 5.41) is 8.98. The van der Waals surface area contributed by atoms with Crippen LogP contribution in [0.1, 0.15) is 23.0 Å². The molecule has 0 saturated carbocycles. The maximum Gasteiger partial charge on any atom is 0.276 e. The van der Waals surface area contributed by atoms with E-state index in [-0.39, 0.29) is 5.91 Å². The van der Waals surface area contributed by atoms with Crippen molar-refractivity contribution in [2.45, 2.75) is 13.8 Å². The van der Waals surface area contributed by atoms with Crippen molar-refractivity contribution in [2.24, 2.45) is 0 Å². The van der Waals surface area contributed by atoms with E-state index in [0.29, 0.717) is 22.6 Å². The van der Waals surface area contributed by atoms with Crippen LogP contribution in [0, 0.1) is 6.92 Å². The summed E-state index contributed by atoms with van der Waals surface area (Å²) in [5.41, 5.74) is 3.28. The summed E-state index contributed by atoms with van der Waals surface area (Å²) in [5.74, 6) is 0.546. The highest BCUT2D eigenvalue weighted by molar-refractivity contribution is 7.22. The molecule has 2 heterocycles. The predicted octanol–water partition coefficient (Wildman–Crippen LogP) is 5.46. The number of amides is 1. The number of fused-ring (bicyclic) bond motifs is 1. The van der Waals surface area contributed by atoms with Crippen molar-refractivity contribution >= 4 is 54.7 Å². The lowest BCUT2D eigenvalue weighted by atomic mass is 10.2. The highest BCUT2D eigenvalue weighted by Crippen LogP contribution is 2.28. The molecular weight excluding hydrogens is 392 g/mol. The lowest BCUT2D eigenvalue weighted by Crippen LogP contribution is -2.12. The molecule has 0 atom stereocenters. The van der Waals surface area contributed by atoms with Gasteiger partial charge in [0.15, 0.2) is 10.3 Å². The number of aryl methyl sites for hydroxylation is 1. The van der Waals surface area contributed by atoms with Crippen LogP contribution in [0.25, 0.3) is 10.2 Å². The van der Waals surface area contributed by atoms with Crippen molar-refractivity contribution in [3.8, 4) is 5.75 Å². The second-order valence-corrected chi connectivity index (χ2v) is 7.95. The van der Waals surface area contributed by atoms with Gasteiger partial charge in [-0.3, -0.25) is 10.1 Å². The SMILES string of the molecule is CCOc1ccc(Nc2nc(C(=O)Nc3nc4ccc(C)cc4s3)cs2)cc1. The van der Waals surface area contributed by atoms with E-state index in [1.165, 1.54) is 28.2 Å². The molecule has 0 aliphatic rings. The normalized spacial score (nSPS) is 10.8. The number of hydrogen-bond acceptors (Lipinski definition) is 7. The van der Waals surface area contributed by atoms with Crippen LogP contribution in [0.2, 0.25) is 0 Å². The zero-order valence-electron chi connectivity index (χ0n) is 15.4. The Labute approximate surface area is 170 Å². The Hall–Kier alpha value is -2.97. The zero-order valence-corrected chi connectivity index (χ0v) is 17.0. The lowest BCUT2D eigenvalue weighted by molar-refractivity contribution is 0.102. The summed E-state index contributed by atoms with van der Waals surface area (Å²) in [6.45, 7) is 4.61. The fourth-order valence-corrected chi connectivity index (χ4v) is 4.28. The van der Waals surface area contributed by atoms with Gasteiger partial charge in [-0.05, 0) is 55.8 Å². The first-order chi connectivity index (χ1) is 13.6. The molecule has 0 bridgehead atoms. The molecule has 0 spiro atoms. The molecule has 2 aromatic carbocycles. The number of nitrogens with one attached hydrogen (secondary N) is 2. The molecule has 4 rings (SSSR count). The number of nitrogens with zero attached hydrogens (tertiary/aromatic N) is 2. The van der Waals surface area contributed by atoms with Crippen LogP contribution in [0.3, 0.4) is 0 Å². The molecule has 1 amide bonds. The van der Waals surface area contributed by atoms with Gasteiger partial charge in [0.05, 0.1) is 16.8 Å². The Morgan fingerprint density at radius 3 is 2.71 bits per heavy atom. The van der Waals surface area contributed by atoms with E-state index in [1.54, 1.807) is 5.38 Å². The number of aromatic nitrogens is 2. The Morgan fingerprint density at radius 2 is 1.93 bits per heavy atom. The molecule has 6 nitrogen and oxygen atoms in total. The molecule has 4 aromatic rings. The van der Waals surface area contributed by atoms with Gasteiger partial charge in [-0.1, -0.05) is 17.4 Å². The van der Waals surface area contributed by atoms with Crippen LogP contribution in [0.15, 0.2) is 47.8 Å². The van der Waals surface area contributed by atoms with E-state index in [1.807, 2.05) is 50.2 Å². The summed E-state index contributed by atoms with van der Waals surface area (Å²) in [6.07, 6.45) is 0. The van der Waals surface area contributed by atoms with Gasteiger partial charge >= 0.3 is 0 Å². The number of carbonyl (C=O) groups excluding carboxylic acids is 1. The fraction of sp³-hybridized carbons (Fsp3) is 0.150. The number of anilines is 3. The fourth-order valence-electron chi connectivity index (χ4n) is 2.61. The molecule has 0 unspecified atom stereocenters. The molecule has 142 valence electrons. The van der Waals surface area contributed by atoms with E-state index in [0.717, 1.165) is 21.7 Å². The average Bonchev–Trinajstić information content (AvgIpc) is 3.29. The average molecular weight is 411 g/mol. The van der Waals surface area contributed by atoms with Crippen molar-refractivity contribution in [3.05, 3.63) is 59.1 Å². The summed E-state index contributed by atoms with van der Waals surface area (Å²) in [4.78, 5) is 21.3. The highest BCUT2D eigenvalue weighted by atomic mass is 32.1. The maximum atomic E-state index is 12.5. The Kier molecular flexibility index (Phi) is 5.23. The Bertz CT molecular complexity index is 1120. The number of ether oxygens (including phenoxy) is 1. The standard InChI is InChI=1S/C20H18N4O2S2/c1-3-26-14-7-5-13(6-8-14)21-19-23-16(11-27-19)18(25)24-20-22-15-9-4-12(2)10-17(15)28-20/h4-11H,3H2,1-2H3,(H,21,23)(H,22,24,25). The Balaban J connectivity index is 1.43. The molecule has 0 aliphatic heterocycles. The van der Waals surface area contributed by atoms with Crippen LogP contribution in [0.5, 0.6) is 5.75 Å². The first-order valence-electron chi connectivity index (χ1n) is 8.74. The first kappa shape index (κ1) is 18.4. The third-order valence-corrected chi connectivity index (χ3v) is 5.61. The van der Waals surface area contributed by atoms with Gasteiger partial charge in [-0.25, -0.2) is 9.97 Å². The van der Waals surface area contributed by atoms with Gasteiger partial charge in [-0.2, -0.15) is 0 Å². The zero-order chi connectivity index (χ0) is 19.5. The molecule has 8 heteroatoms. The number of rotatable bonds is 6. The van der Waals surface area contributed by atoms with Crippen LogP contribution in [0.4, 0.5) is 16.0 Å². The molecule has 2 N–H and O–H groups in total. The predicted molar refractivity (Wildman–Crippen MR) is 115 cm³/mol. The van der Waals surface area contributed by atoms with Crippen molar-refractivity contribution < 1.29 is 9.53 Å². The third kappa shape index (κ3) is 4.13. The summed E-state index contributed by atoms with van der Waals surface area (Å²) in [6, 6.07) is 13.6.